The van der Waals surface area contributed by atoms with Gasteiger partial charge in [0.15, 0.2) is 0 Å². The number of phenolic OH excluding ortho intramolecular Hbond substituents is 1. The Kier molecular flexibility index (Phi) is 4.46. The molecule has 0 unspecified atom stereocenters. The normalized spacial score (nSPS) is 10.5. The molecule has 19 heavy (non-hydrogen) atoms. The Bertz CT molecular complexity index is 602. The van der Waals surface area contributed by atoms with Gasteiger partial charge in [0, 0.05) is 15.3 Å². The number of carbonyl (C=O) groups excluding carboxylic acids is 1. The van der Waals surface area contributed by atoms with Gasteiger partial charge in [0.25, 0.3) is 5.91 Å². The van der Waals surface area contributed by atoms with E-state index in [2.05, 4.69) is 25.2 Å². The zero-order chi connectivity index (χ0) is 14.0. The number of nitrogens with one attached hydrogen (secondary N) is 1. The van der Waals surface area contributed by atoms with Gasteiger partial charge in [-0.15, -0.1) is 11.3 Å². The topological polar surface area (TPSA) is 49.3 Å². The van der Waals surface area contributed by atoms with Gasteiger partial charge in [-0.2, -0.15) is 0 Å². The number of carbonyl (C=O) groups is 1. The fourth-order valence-electron chi connectivity index (χ4n) is 1.66. The molecule has 0 aliphatic rings. The molecule has 0 saturated carbocycles. The van der Waals surface area contributed by atoms with Crippen molar-refractivity contribution in [1.29, 1.82) is 0 Å². The highest BCUT2D eigenvalue weighted by Crippen LogP contribution is 2.22. The highest BCUT2D eigenvalue weighted by atomic mass is 127. The maximum absolute atomic E-state index is 12.0. The standard InChI is InChI=1S/C14H14INO2S/c1-8-5-11(19-9(8)2)7-16-14(18)10-3-4-12(15)13(17)6-10/h3-6,17H,7H2,1-2H3,(H,16,18). The van der Waals surface area contributed by atoms with Gasteiger partial charge in [0.05, 0.1) is 10.1 Å². The van der Waals surface area contributed by atoms with E-state index in [0.29, 0.717) is 12.1 Å². The van der Waals surface area contributed by atoms with E-state index in [1.54, 1.807) is 23.5 Å². The second kappa shape index (κ2) is 5.92. The molecule has 0 atom stereocenters. The number of benzene rings is 1. The van der Waals surface area contributed by atoms with Crippen molar-refractivity contribution in [2.75, 3.05) is 0 Å². The zero-order valence-electron chi connectivity index (χ0n) is 10.7. The van der Waals surface area contributed by atoms with E-state index in [-0.39, 0.29) is 11.7 Å². The van der Waals surface area contributed by atoms with Crippen molar-refractivity contribution in [1.82, 2.24) is 5.32 Å². The van der Waals surface area contributed by atoms with Crippen LogP contribution in [-0.2, 0) is 6.54 Å². The summed E-state index contributed by atoms with van der Waals surface area (Å²) in [6.07, 6.45) is 0. The predicted molar refractivity (Wildman–Crippen MR) is 85.8 cm³/mol. The van der Waals surface area contributed by atoms with Crippen LogP contribution in [0.4, 0.5) is 0 Å². The second-order valence-electron chi connectivity index (χ2n) is 4.30. The lowest BCUT2D eigenvalue weighted by molar-refractivity contribution is 0.0951. The molecule has 1 amide bonds. The number of thiophene rings is 1. The summed E-state index contributed by atoms with van der Waals surface area (Å²) < 4.78 is 0.735. The van der Waals surface area contributed by atoms with Gasteiger partial charge in [-0.3, -0.25) is 4.79 Å². The van der Waals surface area contributed by atoms with Crippen molar-refractivity contribution in [3.8, 4) is 5.75 Å². The number of hydrogen-bond acceptors (Lipinski definition) is 3. The summed E-state index contributed by atoms with van der Waals surface area (Å²) in [4.78, 5) is 14.4. The zero-order valence-corrected chi connectivity index (χ0v) is 13.6. The van der Waals surface area contributed by atoms with Crippen LogP contribution in [0.15, 0.2) is 24.3 Å². The van der Waals surface area contributed by atoms with Crippen LogP contribution in [0.3, 0.4) is 0 Å². The molecule has 0 bridgehead atoms. The summed E-state index contributed by atoms with van der Waals surface area (Å²) in [5, 5.41) is 12.4. The maximum Gasteiger partial charge on any atom is 0.251 e. The van der Waals surface area contributed by atoms with Gasteiger partial charge in [0.2, 0.25) is 0 Å². The molecular weight excluding hydrogens is 373 g/mol. The Morgan fingerprint density at radius 3 is 2.68 bits per heavy atom. The molecule has 0 saturated heterocycles. The number of amides is 1. The highest BCUT2D eigenvalue weighted by Gasteiger charge is 2.09. The molecule has 100 valence electrons. The Balaban J connectivity index is 2.03. The Morgan fingerprint density at radius 2 is 2.11 bits per heavy atom. The number of aromatic hydroxyl groups is 1. The molecule has 0 fully saturated rings. The van der Waals surface area contributed by atoms with Crippen LogP contribution in [-0.4, -0.2) is 11.0 Å². The predicted octanol–water partition coefficient (Wildman–Crippen LogP) is 3.61. The van der Waals surface area contributed by atoms with Gasteiger partial charge in [-0.05, 0) is 66.3 Å². The summed E-state index contributed by atoms with van der Waals surface area (Å²) in [7, 11) is 0. The monoisotopic (exact) mass is 387 g/mol. The molecule has 0 aliphatic carbocycles. The molecule has 2 rings (SSSR count). The van der Waals surface area contributed by atoms with Crippen LogP contribution >= 0.6 is 33.9 Å². The minimum Gasteiger partial charge on any atom is -0.507 e. The molecular formula is C14H14INO2S. The van der Waals surface area contributed by atoms with Crippen molar-refractivity contribution < 1.29 is 9.90 Å². The molecule has 0 spiro atoms. The average Bonchev–Trinajstić information content (AvgIpc) is 2.69. The van der Waals surface area contributed by atoms with Gasteiger partial charge in [-0.1, -0.05) is 0 Å². The van der Waals surface area contributed by atoms with Crippen molar-refractivity contribution in [3.05, 3.63) is 48.7 Å². The van der Waals surface area contributed by atoms with Crippen molar-refractivity contribution in [2.45, 2.75) is 20.4 Å². The average molecular weight is 387 g/mol. The first kappa shape index (κ1) is 14.3. The molecule has 5 heteroatoms. The molecule has 0 aliphatic heterocycles. The summed E-state index contributed by atoms with van der Waals surface area (Å²) in [6, 6.07) is 7.01. The van der Waals surface area contributed by atoms with Crippen LogP contribution in [0, 0.1) is 17.4 Å². The number of phenols is 1. The van der Waals surface area contributed by atoms with E-state index in [1.165, 1.54) is 16.5 Å². The first-order chi connectivity index (χ1) is 8.97. The fourth-order valence-corrected chi connectivity index (χ4v) is 2.99. The van der Waals surface area contributed by atoms with Gasteiger partial charge >= 0.3 is 0 Å². The van der Waals surface area contributed by atoms with Gasteiger partial charge in [-0.25, -0.2) is 0 Å². The van der Waals surface area contributed by atoms with Crippen molar-refractivity contribution >= 4 is 39.8 Å². The van der Waals surface area contributed by atoms with Gasteiger partial charge < -0.3 is 10.4 Å². The largest absolute Gasteiger partial charge is 0.507 e. The minimum atomic E-state index is -0.171. The fraction of sp³-hybridized carbons (Fsp3) is 0.214. The first-order valence-corrected chi connectivity index (χ1v) is 7.69. The molecule has 1 aromatic heterocycles. The van der Waals surface area contributed by atoms with E-state index in [1.807, 2.05) is 22.6 Å². The summed E-state index contributed by atoms with van der Waals surface area (Å²) in [6.45, 7) is 4.65. The van der Waals surface area contributed by atoms with E-state index in [0.717, 1.165) is 8.45 Å². The lowest BCUT2D eigenvalue weighted by Crippen LogP contribution is -2.22. The molecule has 2 aromatic rings. The molecule has 1 heterocycles. The van der Waals surface area contributed by atoms with E-state index in [9.17, 15) is 9.90 Å². The summed E-state index contributed by atoms with van der Waals surface area (Å²) in [5.74, 6) is -0.0357. The Hall–Kier alpha value is -1.08. The van der Waals surface area contributed by atoms with E-state index >= 15 is 0 Å². The Labute approximate surface area is 129 Å². The first-order valence-electron chi connectivity index (χ1n) is 5.80. The lowest BCUT2D eigenvalue weighted by atomic mass is 10.2. The van der Waals surface area contributed by atoms with E-state index < -0.39 is 0 Å². The van der Waals surface area contributed by atoms with Crippen LogP contribution in [0.1, 0.15) is 25.7 Å². The summed E-state index contributed by atoms with van der Waals surface area (Å²) in [5.41, 5.74) is 1.73. The SMILES string of the molecule is Cc1cc(CNC(=O)c2ccc(I)c(O)c2)sc1C. The number of rotatable bonds is 3. The van der Waals surface area contributed by atoms with Gasteiger partial charge in [0.1, 0.15) is 5.75 Å². The van der Waals surface area contributed by atoms with Crippen molar-refractivity contribution in [2.24, 2.45) is 0 Å². The number of aryl methyl sites for hydroxylation is 2. The minimum absolute atomic E-state index is 0.135. The third-order valence-electron chi connectivity index (χ3n) is 2.85. The molecule has 0 radical (unpaired) electrons. The number of hydrogen-bond donors (Lipinski definition) is 2. The third-order valence-corrected chi connectivity index (χ3v) is 4.91. The quantitative estimate of drug-likeness (QED) is 0.791. The van der Waals surface area contributed by atoms with Crippen LogP contribution in [0.2, 0.25) is 0 Å². The van der Waals surface area contributed by atoms with E-state index in [4.69, 9.17) is 0 Å². The third kappa shape index (κ3) is 3.48. The molecule has 2 N–H and O–H groups in total. The Morgan fingerprint density at radius 1 is 1.37 bits per heavy atom. The molecule has 1 aromatic carbocycles. The van der Waals surface area contributed by atoms with Crippen LogP contribution < -0.4 is 5.32 Å². The lowest BCUT2D eigenvalue weighted by Gasteiger charge is -2.05. The maximum atomic E-state index is 12.0. The highest BCUT2D eigenvalue weighted by molar-refractivity contribution is 14.1. The van der Waals surface area contributed by atoms with Crippen molar-refractivity contribution in [3.63, 3.8) is 0 Å². The van der Waals surface area contributed by atoms with Crippen LogP contribution in [0.5, 0.6) is 5.75 Å². The second-order valence-corrected chi connectivity index (χ2v) is 6.80. The smallest absolute Gasteiger partial charge is 0.251 e. The van der Waals surface area contributed by atoms with Crippen LogP contribution in [0.25, 0.3) is 0 Å². The molecule has 3 nitrogen and oxygen atoms in total. The summed E-state index contributed by atoms with van der Waals surface area (Å²) >= 11 is 3.71. The number of halogens is 1.